The zero-order valence-corrected chi connectivity index (χ0v) is 17.2. The summed E-state index contributed by atoms with van der Waals surface area (Å²) in [7, 11) is 1.37. The van der Waals surface area contributed by atoms with Crippen molar-refractivity contribution >= 4 is 5.97 Å². The fourth-order valence-electron chi connectivity index (χ4n) is 3.14. The monoisotopic (exact) mass is 378 g/mol. The highest BCUT2D eigenvalue weighted by molar-refractivity contribution is 5.89. The Morgan fingerprint density at radius 3 is 2.57 bits per heavy atom. The Morgan fingerprint density at radius 2 is 1.89 bits per heavy atom. The quantitative estimate of drug-likeness (QED) is 0.321. The van der Waals surface area contributed by atoms with Gasteiger partial charge in [-0.3, -0.25) is 0 Å². The Kier molecular flexibility index (Phi) is 9.15. The van der Waals surface area contributed by atoms with Crippen LogP contribution in [0.3, 0.4) is 0 Å². The summed E-state index contributed by atoms with van der Waals surface area (Å²) in [6.07, 6.45) is 5.52. The SMILES string of the molecule is CCCC(CC)Cc1ccc(OCCC#Cc2cccc(C(=O)OC)c2)cc1. The third kappa shape index (κ3) is 7.12. The summed E-state index contributed by atoms with van der Waals surface area (Å²) in [5.74, 6) is 7.44. The average Bonchev–Trinajstić information content (AvgIpc) is 2.74. The maximum atomic E-state index is 11.5. The Hall–Kier alpha value is -2.73. The number of hydrogen-bond donors (Lipinski definition) is 0. The van der Waals surface area contributed by atoms with E-state index >= 15 is 0 Å². The zero-order chi connectivity index (χ0) is 20.2. The highest BCUT2D eigenvalue weighted by atomic mass is 16.5. The molecular weight excluding hydrogens is 348 g/mol. The van der Waals surface area contributed by atoms with Crippen LogP contribution >= 0.6 is 0 Å². The van der Waals surface area contributed by atoms with Crippen molar-refractivity contribution in [3.63, 3.8) is 0 Å². The summed E-state index contributed by atoms with van der Waals surface area (Å²) < 4.78 is 10.5. The van der Waals surface area contributed by atoms with E-state index in [0.717, 1.165) is 23.7 Å². The summed E-state index contributed by atoms with van der Waals surface area (Å²) in [6, 6.07) is 15.5. The molecule has 0 radical (unpaired) electrons. The van der Waals surface area contributed by atoms with Crippen LogP contribution in [0.15, 0.2) is 48.5 Å². The molecule has 1 atom stereocenters. The molecule has 148 valence electrons. The van der Waals surface area contributed by atoms with Gasteiger partial charge in [0, 0.05) is 12.0 Å². The molecule has 0 amide bonds. The van der Waals surface area contributed by atoms with E-state index in [0.29, 0.717) is 18.6 Å². The number of methoxy groups -OCH3 is 1. The summed E-state index contributed by atoms with van der Waals surface area (Å²) in [5, 5.41) is 0. The van der Waals surface area contributed by atoms with Crippen LogP contribution in [-0.4, -0.2) is 19.7 Å². The molecule has 0 aliphatic rings. The molecule has 0 N–H and O–H groups in total. The third-order valence-corrected chi connectivity index (χ3v) is 4.73. The number of rotatable bonds is 9. The van der Waals surface area contributed by atoms with Gasteiger partial charge in [-0.15, -0.1) is 0 Å². The largest absolute Gasteiger partial charge is 0.493 e. The van der Waals surface area contributed by atoms with Crippen LogP contribution in [0.2, 0.25) is 0 Å². The van der Waals surface area contributed by atoms with Crippen molar-refractivity contribution in [2.75, 3.05) is 13.7 Å². The molecular formula is C25H30O3. The molecule has 28 heavy (non-hydrogen) atoms. The molecule has 0 saturated heterocycles. The van der Waals surface area contributed by atoms with E-state index in [-0.39, 0.29) is 5.97 Å². The molecule has 2 aromatic carbocycles. The second-order valence-electron chi connectivity index (χ2n) is 6.88. The first-order valence-electron chi connectivity index (χ1n) is 10.0. The lowest BCUT2D eigenvalue weighted by atomic mass is 9.93. The molecule has 2 aromatic rings. The van der Waals surface area contributed by atoms with Crippen molar-refractivity contribution in [2.45, 2.75) is 46.0 Å². The van der Waals surface area contributed by atoms with Crippen molar-refractivity contribution < 1.29 is 14.3 Å². The minimum absolute atomic E-state index is 0.351. The topological polar surface area (TPSA) is 35.5 Å². The maximum Gasteiger partial charge on any atom is 0.337 e. The fourth-order valence-corrected chi connectivity index (χ4v) is 3.14. The number of esters is 1. The molecule has 0 aliphatic carbocycles. The normalized spacial score (nSPS) is 11.2. The molecule has 3 nitrogen and oxygen atoms in total. The number of benzene rings is 2. The standard InChI is InChI=1S/C25H30O3/c1-4-9-20(5-2)18-22-13-15-24(16-14-22)28-17-7-6-10-21-11-8-12-23(19-21)25(26)27-3/h8,11-16,19-20H,4-5,7,9,17-18H2,1-3H3. The van der Waals surface area contributed by atoms with Crippen LogP contribution in [0.5, 0.6) is 5.75 Å². The molecule has 2 rings (SSSR count). The van der Waals surface area contributed by atoms with Crippen molar-refractivity contribution in [1.82, 2.24) is 0 Å². The highest BCUT2D eigenvalue weighted by Gasteiger charge is 2.06. The Morgan fingerprint density at radius 1 is 1.11 bits per heavy atom. The Bertz CT molecular complexity index is 797. The smallest absolute Gasteiger partial charge is 0.337 e. The predicted molar refractivity (Wildman–Crippen MR) is 114 cm³/mol. The number of ether oxygens (including phenoxy) is 2. The molecule has 0 aliphatic heterocycles. The van der Waals surface area contributed by atoms with Gasteiger partial charge in [-0.05, 0) is 48.2 Å². The first-order valence-corrected chi connectivity index (χ1v) is 10.0. The van der Waals surface area contributed by atoms with Gasteiger partial charge in [0.15, 0.2) is 0 Å². The van der Waals surface area contributed by atoms with E-state index < -0.39 is 0 Å². The van der Waals surface area contributed by atoms with Crippen LogP contribution < -0.4 is 4.74 Å². The van der Waals surface area contributed by atoms with E-state index in [9.17, 15) is 4.79 Å². The molecule has 0 aromatic heterocycles. The minimum Gasteiger partial charge on any atom is -0.493 e. The van der Waals surface area contributed by atoms with Crippen LogP contribution in [0.1, 0.15) is 61.0 Å². The third-order valence-electron chi connectivity index (χ3n) is 4.73. The predicted octanol–water partition coefficient (Wildman–Crippen LogP) is 5.66. The van der Waals surface area contributed by atoms with Gasteiger partial charge in [-0.2, -0.15) is 0 Å². The summed E-state index contributed by atoms with van der Waals surface area (Å²) in [4.78, 5) is 11.5. The van der Waals surface area contributed by atoms with Crippen molar-refractivity contribution in [2.24, 2.45) is 5.92 Å². The lowest BCUT2D eigenvalue weighted by Crippen LogP contribution is -2.03. The maximum absolute atomic E-state index is 11.5. The van der Waals surface area contributed by atoms with Gasteiger partial charge in [0.1, 0.15) is 5.75 Å². The van der Waals surface area contributed by atoms with Crippen molar-refractivity contribution in [1.29, 1.82) is 0 Å². The van der Waals surface area contributed by atoms with E-state index in [2.05, 4.69) is 37.8 Å². The van der Waals surface area contributed by atoms with Gasteiger partial charge in [-0.25, -0.2) is 4.79 Å². The van der Waals surface area contributed by atoms with E-state index in [1.165, 1.54) is 31.9 Å². The van der Waals surface area contributed by atoms with E-state index in [4.69, 9.17) is 9.47 Å². The molecule has 0 saturated carbocycles. The first-order chi connectivity index (χ1) is 13.7. The number of hydrogen-bond acceptors (Lipinski definition) is 3. The van der Waals surface area contributed by atoms with E-state index in [1.54, 1.807) is 18.2 Å². The van der Waals surface area contributed by atoms with Crippen LogP contribution in [0.25, 0.3) is 0 Å². The van der Waals surface area contributed by atoms with Crippen molar-refractivity contribution in [3.05, 3.63) is 65.2 Å². The van der Waals surface area contributed by atoms with Gasteiger partial charge in [0.05, 0.1) is 19.3 Å². The fraction of sp³-hybridized carbons (Fsp3) is 0.400. The second kappa shape index (κ2) is 11.9. The van der Waals surface area contributed by atoms with Gasteiger partial charge >= 0.3 is 5.97 Å². The summed E-state index contributed by atoms with van der Waals surface area (Å²) in [6.45, 7) is 5.05. The molecule has 0 bridgehead atoms. The van der Waals surface area contributed by atoms with Gasteiger partial charge in [0.2, 0.25) is 0 Å². The Labute approximate surface area is 169 Å². The lowest BCUT2D eigenvalue weighted by Gasteiger charge is -2.14. The molecule has 0 spiro atoms. The van der Waals surface area contributed by atoms with E-state index in [1.807, 2.05) is 18.2 Å². The molecule has 1 unspecified atom stereocenters. The van der Waals surface area contributed by atoms with Crippen molar-refractivity contribution in [3.8, 4) is 17.6 Å². The Balaban J connectivity index is 1.80. The van der Waals surface area contributed by atoms with Gasteiger partial charge in [-0.1, -0.05) is 63.1 Å². The van der Waals surface area contributed by atoms with Crippen LogP contribution in [0, 0.1) is 17.8 Å². The number of carbonyl (C=O) groups is 1. The highest BCUT2D eigenvalue weighted by Crippen LogP contribution is 2.20. The summed E-state index contributed by atoms with van der Waals surface area (Å²) in [5.41, 5.74) is 2.68. The zero-order valence-electron chi connectivity index (χ0n) is 17.2. The lowest BCUT2D eigenvalue weighted by molar-refractivity contribution is 0.0600. The second-order valence-corrected chi connectivity index (χ2v) is 6.88. The average molecular weight is 379 g/mol. The van der Waals surface area contributed by atoms with Gasteiger partial charge < -0.3 is 9.47 Å². The van der Waals surface area contributed by atoms with Crippen LogP contribution in [0.4, 0.5) is 0 Å². The minimum atomic E-state index is -0.351. The van der Waals surface area contributed by atoms with Crippen LogP contribution in [-0.2, 0) is 11.2 Å². The number of carbonyl (C=O) groups excluding carboxylic acids is 1. The summed E-state index contributed by atoms with van der Waals surface area (Å²) >= 11 is 0. The van der Waals surface area contributed by atoms with Gasteiger partial charge in [0.25, 0.3) is 0 Å². The molecule has 3 heteroatoms. The molecule has 0 heterocycles. The first kappa shape index (κ1) is 21.6. The molecule has 0 fully saturated rings.